The average Bonchev–Trinajstić information content (AvgIpc) is 1.88. The molecule has 0 radical (unpaired) electrons. The molecule has 4 nitrogen and oxygen atoms in total. The van der Waals surface area contributed by atoms with E-state index in [1.54, 1.807) is 0 Å². The van der Waals surface area contributed by atoms with Crippen LogP contribution in [0.2, 0.25) is 0 Å². The van der Waals surface area contributed by atoms with Crippen LogP contribution in [0.5, 0.6) is 5.75 Å². The van der Waals surface area contributed by atoms with Crippen LogP contribution in [0.3, 0.4) is 0 Å². The van der Waals surface area contributed by atoms with Gasteiger partial charge in [-0.3, -0.25) is 4.79 Å². The molecule has 10 heavy (non-hydrogen) atoms. The molecule has 0 spiro atoms. The predicted molar refractivity (Wildman–Crippen MR) is 34.7 cm³/mol. The van der Waals surface area contributed by atoms with Crippen LogP contribution in [0.25, 0.3) is 0 Å². The van der Waals surface area contributed by atoms with Crippen molar-refractivity contribution in [3.8, 4) is 5.75 Å². The highest BCUT2D eigenvalue weighted by Gasteiger charge is 1.97. The number of aliphatic hydroxyl groups is 1. The number of aromatic nitrogens is 1. The molecule has 0 aliphatic heterocycles. The van der Waals surface area contributed by atoms with Crippen molar-refractivity contribution in [3.63, 3.8) is 0 Å². The van der Waals surface area contributed by atoms with E-state index in [2.05, 4.69) is 4.98 Å². The third kappa shape index (κ3) is 1.16. The van der Waals surface area contributed by atoms with Crippen LogP contribution in [0, 0.1) is 0 Å². The lowest BCUT2D eigenvalue weighted by molar-refractivity contribution is 0.275. The number of rotatable bonds is 1. The molecule has 0 unspecified atom stereocenters. The Morgan fingerprint density at radius 1 is 1.60 bits per heavy atom. The molecule has 1 aromatic rings. The van der Waals surface area contributed by atoms with Crippen molar-refractivity contribution in [1.82, 2.24) is 4.98 Å². The Hall–Kier alpha value is -1.29. The summed E-state index contributed by atoms with van der Waals surface area (Å²) in [7, 11) is 0. The van der Waals surface area contributed by atoms with Crippen LogP contribution in [0.1, 0.15) is 5.56 Å². The zero-order valence-electron chi connectivity index (χ0n) is 5.16. The van der Waals surface area contributed by atoms with Gasteiger partial charge in [-0.15, -0.1) is 0 Å². The first kappa shape index (κ1) is 6.82. The maximum absolute atomic E-state index is 10.5. The minimum atomic E-state index is -0.380. The Bertz CT molecular complexity index is 279. The second-order valence-electron chi connectivity index (χ2n) is 1.87. The number of aromatic hydroxyl groups is 1. The van der Waals surface area contributed by atoms with E-state index in [0.717, 1.165) is 6.07 Å². The highest BCUT2D eigenvalue weighted by molar-refractivity contribution is 5.27. The highest BCUT2D eigenvalue weighted by atomic mass is 16.3. The lowest BCUT2D eigenvalue weighted by Crippen LogP contribution is -2.03. The van der Waals surface area contributed by atoms with Crippen LogP contribution >= 0.6 is 0 Å². The van der Waals surface area contributed by atoms with Gasteiger partial charge in [0.1, 0.15) is 5.75 Å². The molecular weight excluding hydrogens is 134 g/mol. The van der Waals surface area contributed by atoms with Crippen molar-refractivity contribution in [2.75, 3.05) is 0 Å². The summed E-state index contributed by atoms with van der Waals surface area (Å²) >= 11 is 0. The van der Waals surface area contributed by atoms with Gasteiger partial charge < -0.3 is 15.2 Å². The fourth-order valence-electron chi connectivity index (χ4n) is 0.617. The first-order valence-corrected chi connectivity index (χ1v) is 2.75. The minimum absolute atomic E-state index is 0.175. The van der Waals surface area contributed by atoms with Crippen molar-refractivity contribution in [2.24, 2.45) is 0 Å². The highest BCUT2D eigenvalue weighted by Crippen LogP contribution is 2.10. The van der Waals surface area contributed by atoms with E-state index in [4.69, 9.17) is 10.2 Å². The van der Waals surface area contributed by atoms with Crippen LogP contribution in [0.15, 0.2) is 17.1 Å². The quantitative estimate of drug-likeness (QED) is 0.497. The Morgan fingerprint density at radius 3 is 2.80 bits per heavy atom. The largest absolute Gasteiger partial charge is 0.507 e. The number of aliphatic hydroxyl groups excluding tert-OH is 1. The molecule has 0 aliphatic carbocycles. The SMILES string of the molecule is O=c1cc(O)c(CO)c[nH]1. The lowest BCUT2D eigenvalue weighted by Gasteiger charge is -1.96. The molecule has 0 saturated heterocycles. The number of pyridine rings is 1. The van der Waals surface area contributed by atoms with E-state index in [1.807, 2.05) is 0 Å². The van der Waals surface area contributed by atoms with Crippen molar-refractivity contribution in [3.05, 3.63) is 28.2 Å². The molecule has 1 rings (SSSR count). The van der Waals surface area contributed by atoms with Crippen LogP contribution in [-0.2, 0) is 6.61 Å². The van der Waals surface area contributed by atoms with Gasteiger partial charge in [0.2, 0.25) is 0 Å². The van der Waals surface area contributed by atoms with Gasteiger partial charge in [-0.1, -0.05) is 0 Å². The smallest absolute Gasteiger partial charge is 0.251 e. The Kier molecular flexibility index (Phi) is 1.73. The molecule has 0 fully saturated rings. The minimum Gasteiger partial charge on any atom is -0.507 e. The second kappa shape index (κ2) is 2.53. The molecule has 0 atom stereocenters. The summed E-state index contributed by atoms with van der Waals surface area (Å²) in [6.07, 6.45) is 1.28. The summed E-state index contributed by atoms with van der Waals surface area (Å²) in [6, 6.07) is 1.02. The molecule has 0 bridgehead atoms. The number of hydrogen-bond donors (Lipinski definition) is 3. The number of aromatic amines is 1. The Balaban J connectivity index is 3.19. The topological polar surface area (TPSA) is 73.3 Å². The van der Waals surface area contributed by atoms with Crippen molar-refractivity contribution < 1.29 is 10.2 Å². The molecule has 3 N–H and O–H groups in total. The number of H-pyrrole nitrogens is 1. The molecular formula is C6H7NO3. The molecule has 0 aromatic carbocycles. The zero-order valence-corrected chi connectivity index (χ0v) is 5.16. The summed E-state index contributed by atoms with van der Waals surface area (Å²) in [5.41, 5.74) is -0.0608. The van der Waals surface area contributed by atoms with E-state index >= 15 is 0 Å². The van der Waals surface area contributed by atoms with Crippen molar-refractivity contribution >= 4 is 0 Å². The monoisotopic (exact) mass is 141 g/mol. The molecule has 0 aliphatic rings. The zero-order chi connectivity index (χ0) is 7.56. The summed E-state index contributed by atoms with van der Waals surface area (Å²) in [6.45, 7) is -0.275. The van der Waals surface area contributed by atoms with Crippen molar-refractivity contribution in [1.29, 1.82) is 0 Å². The average molecular weight is 141 g/mol. The van der Waals surface area contributed by atoms with Gasteiger partial charge >= 0.3 is 0 Å². The number of hydrogen-bond acceptors (Lipinski definition) is 3. The molecule has 0 amide bonds. The van der Waals surface area contributed by atoms with E-state index in [9.17, 15) is 4.79 Å². The lowest BCUT2D eigenvalue weighted by atomic mass is 10.3. The van der Waals surface area contributed by atoms with E-state index in [1.165, 1.54) is 6.20 Å². The first-order valence-electron chi connectivity index (χ1n) is 2.75. The van der Waals surface area contributed by atoms with Gasteiger partial charge in [-0.05, 0) is 0 Å². The van der Waals surface area contributed by atoms with E-state index in [0.29, 0.717) is 5.56 Å². The van der Waals surface area contributed by atoms with Crippen molar-refractivity contribution in [2.45, 2.75) is 6.61 Å². The molecule has 1 heterocycles. The standard InChI is InChI=1S/C6H7NO3/c8-3-4-2-7-6(10)1-5(4)9/h1-2,8H,3H2,(H2,7,9,10). The maximum Gasteiger partial charge on any atom is 0.251 e. The third-order valence-electron chi connectivity index (χ3n) is 1.16. The number of nitrogens with one attached hydrogen (secondary N) is 1. The van der Waals surface area contributed by atoms with Gasteiger partial charge in [0.05, 0.1) is 6.61 Å². The van der Waals surface area contributed by atoms with Gasteiger partial charge in [0.25, 0.3) is 5.56 Å². The Labute approximate surface area is 56.8 Å². The summed E-state index contributed by atoms with van der Waals surface area (Å²) < 4.78 is 0. The summed E-state index contributed by atoms with van der Waals surface area (Å²) in [5.74, 6) is -0.175. The molecule has 1 aromatic heterocycles. The summed E-state index contributed by atoms with van der Waals surface area (Å²) in [5, 5.41) is 17.4. The van der Waals surface area contributed by atoms with Gasteiger partial charge in [-0.25, -0.2) is 0 Å². The molecule has 54 valence electrons. The second-order valence-corrected chi connectivity index (χ2v) is 1.87. The Morgan fingerprint density at radius 2 is 2.30 bits per heavy atom. The fraction of sp³-hybridized carbons (Fsp3) is 0.167. The normalized spacial score (nSPS) is 9.70. The molecule has 0 saturated carbocycles. The van der Waals surface area contributed by atoms with Crippen LogP contribution in [0.4, 0.5) is 0 Å². The van der Waals surface area contributed by atoms with Crippen LogP contribution in [-0.4, -0.2) is 15.2 Å². The fourth-order valence-corrected chi connectivity index (χ4v) is 0.617. The maximum atomic E-state index is 10.5. The van der Waals surface area contributed by atoms with Gasteiger partial charge in [-0.2, -0.15) is 0 Å². The van der Waals surface area contributed by atoms with Gasteiger partial charge in [0.15, 0.2) is 0 Å². The predicted octanol–water partition coefficient (Wildman–Crippen LogP) is -0.427. The van der Waals surface area contributed by atoms with Crippen LogP contribution < -0.4 is 5.56 Å². The van der Waals surface area contributed by atoms with Gasteiger partial charge in [0, 0.05) is 17.8 Å². The van der Waals surface area contributed by atoms with E-state index in [-0.39, 0.29) is 17.9 Å². The first-order chi connectivity index (χ1) is 4.74. The molecule has 4 heteroatoms. The summed E-state index contributed by atoms with van der Waals surface area (Å²) in [4.78, 5) is 12.8. The van der Waals surface area contributed by atoms with E-state index < -0.39 is 0 Å². The third-order valence-corrected chi connectivity index (χ3v) is 1.16.